The first-order valence-electron chi connectivity index (χ1n) is 10.7. The normalized spacial score (nSPS) is 12.7. The summed E-state index contributed by atoms with van der Waals surface area (Å²) in [5.74, 6) is -2.31. The summed E-state index contributed by atoms with van der Waals surface area (Å²) in [4.78, 5) is 30.1. The molecule has 1 aromatic carbocycles. The second kappa shape index (κ2) is 9.26. The predicted octanol–water partition coefficient (Wildman–Crippen LogP) is 2.58. The second-order valence-corrected chi connectivity index (χ2v) is 8.24. The Hall–Kier alpha value is -4.72. The van der Waals surface area contributed by atoms with Crippen molar-refractivity contribution in [1.82, 2.24) is 24.5 Å². The zero-order valence-corrected chi connectivity index (χ0v) is 19.6. The van der Waals surface area contributed by atoms with Gasteiger partial charge in [0.25, 0.3) is 11.5 Å². The summed E-state index contributed by atoms with van der Waals surface area (Å²) >= 11 is 0. The molecule has 11 nitrogen and oxygen atoms in total. The molecule has 178 valence electrons. The molecular formula is C24H23N7O4. The zero-order valence-electron chi connectivity index (χ0n) is 19.6. The molecule has 0 radical (unpaired) electrons. The van der Waals surface area contributed by atoms with Gasteiger partial charge in [-0.15, -0.1) is 0 Å². The Labute approximate surface area is 200 Å². The Bertz CT molecular complexity index is 1500. The first-order chi connectivity index (χ1) is 16.7. The van der Waals surface area contributed by atoms with Gasteiger partial charge in [-0.05, 0) is 24.1 Å². The van der Waals surface area contributed by atoms with Crippen molar-refractivity contribution in [1.29, 1.82) is 5.26 Å². The quantitative estimate of drug-likeness (QED) is 0.433. The smallest absolute Gasteiger partial charge is 0.296 e. The highest BCUT2D eigenvalue weighted by molar-refractivity contribution is 6.04. The van der Waals surface area contributed by atoms with Crippen molar-refractivity contribution in [2.24, 2.45) is 14.1 Å². The highest BCUT2D eigenvalue weighted by Crippen LogP contribution is 2.39. The Morgan fingerprint density at radius 3 is 2.66 bits per heavy atom. The van der Waals surface area contributed by atoms with Crippen molar-refractivity contribution in [3.63, 3.8) is 0 Å². The van der Waals surface area contributed by atoms with Crippen LogP contribution >= 0.6 is 0 Å². The summed E-state index contributed by atoms with van der Waals surface area (Å²) in [6, 6.07) is 9.38. The van der Waals surface area contributed by atoms with Crippen LogP contribution in [0.4, 0.5) is 5.69 Å². The van der Waals surface area contributed by atoms with Gasteiger partial charge in [0.05, 0.1) is 23.5 Å². The van der Waals surface area contributed by atoms with Crippen LogP contribution in [-0.4, -0.2) is 35.5 Å². The van der Waals surface area contributed by atoms with Gasteiger partial charge in [-0.2, -0.15) is 10.4 Å². The SMILES string of the molecule is Cc1cn(C)nc1[C@H](c1ccccc1C#N)[C@@H](C)c1nc(C(=O)Nc2cnoc2)c(O)c(=O)n1C. The summed E-state index contributed by atoms with van der Waals surface area (Å²) in [7, 11) is 3.28. The number of rotatable bonds is 6. The van der Waals surface area contributed by atoms with Crippen LogP contribution < -0.4 is 10.9 Å². The molecule has 2 N–H and O–H groups in total. The molecule has 0 aliphatic carbocycles. The maximum Gasteiger partial charge on any atom is 0.296 e. The molecule has 0 aliphatic heterocycles. The molecule has 0 aliphatic rings. The van der Waals surface area contributed by atoms with E-state index in [-0.39, 0.29) is 11.5 Å². The van der Waals surface area contributed by atoms with Gasteiger partial charge in [0.2, 0.25) is 5.75 Å². The van der Waals surface area contributed by atoms with E-state index in [1.165, 1.54) is 24.1 Å². The van der Waals surface area contributed by atoms with E-state index in [4.69, 9.17) is 4.52 Å². The third-order valence-electron chi connectivity index (χ3n) is 5.87. The lowest BCUT2D eigenvalue weighted by Gasteiger charge is -2.26. The topological polar surface area (TPSA) is 152 Å². The third kappa shape index (κ3) is 4.29. The standard InChI is InChI=1S/C24H23N7O4/c1-13-11-30(3)29-19(13)18(17-8-6-5-7-15(17)9-25)14(2)22-28-20(21(32)24(34)31(22)4)23(33)27-16-10-26-35-12-16/h5-8,10-12,14,18,32H,1-4H3,(H,27,33)/t14-,18+/m1/s1. The fourth-order valence-corrected chi connectivity index (χ4v) is 4.23. The first-order valence-corrected chi connectivity index (χ1v) is 10.7. The molecule has 0 spiro atoms. The van der Waals surface area contributed by atoms with E-state index < -0.39 is 34.7 Å². The molecule has 0 bridgehead atoms. The molecular weight excluding hydrogens is 450 g/mol. The number of nitrogens with one attached hydrogen (secondary N) is 1. The van der Waals surface area contributed by atoms with Crippen LogP contribution in [0.2, 0.25) is 0 Å². The van der Waals surface area contributed by atoms with Gasteiger partial charge in [0.1, 0.15) is 17.8 Å². The summed E-state index contributed by atoms with van der Waals surface area (Å²) in [6.07, 6.45) is 4.35. The van der Waals surface area contributed by atoms with E-state index in [0.717, 1.165) is 5.56 Å². The van der Waals surface area contributed by atoms with E-state index >= 15 is 0 Å². The number of amides is 1. The van der Waals surface area contributed by atoms with Gasteiger partial charge in [0.15, 0.2) is 5.69 Å². The number of aromatic hydroxyl groups is 1. The van der Waals surface area contributed by atoms with Crippen molar-refractivity contribution < 1.29 is 14.4 Å². The molecule has 3 heterocycles. The monoisotopic (exact) mass is 473 g/mol. The van der Waals surface area contributed by atoms with Crippen LogP contribution in [0.1, 0.15) is 57.5 Å². The van der Waals surface area contributed by atoms with Crippen LogP contribution in [0, 0.1) is 18.3 Å². The van der Waals surface area contributed by atoms with Gasteiger partial charge in [-0.3, -0.25) is 18.8 Å². The zero-order chi connectivity index (χ0) is 25.3. The Kier molecular flexibility index (Phi) is 6.20. The van der Waals surface area contributed by atoms with Crippen molar-refractivity contribution in [3.05, 3.63) is 87.2 Å². The molecule has 11 heteroatoms. The van der Waals surface area contributed by atoms with Gasteiger partial charge < -0.3 is 14.9 Å². The average molecular weight is 473 g/mol. The highest BCUT2D eigenvalue weighted by Gasteiger charge is 2.33. The molecule has 0 saturated carbocycles. The lowest BCUT2D eigenvalue weighted by Crippen LogP contribution is -2.29. The molecule has 35 heavy (non-hydrogen) atoms. The minimum atomic E-state index is -0.792. The summed E-state index contributed by atoms with van der Waals surface area (Å²) in [5, 5.41) is 30.8. The van der Waals surface area contributed by atoms with Crippen molar-refractivity contribution >= 4 is 11.6 Å². The summed E-state index contributed by atoms with van der Waals surface area (Å²) in [5.41, 5.74) is 1.82. The number of benzene rings is 1. The fourth-order valence-electron chi connectivity index (χ4n) is 4.23. The number of hydrogen-bond donors (Lipinski definition) is 2. The second-order valence-electron chi connectivity index (χ2n) is 8.24. The predicted molar refractivity (Wildman–Crippen MR) is 125 cm³/mol. The third-order valence-corrected chi connectivity index (χ3v) is 5.87. The molecule has 4 aromatic rings. The molecule has 4 rings (SSSR count). The van der Waals surface area contributed by atoms with Gasteiger partial charge in [0, 0.05) is 32.1 Å². The average Bonchev–Trinajstić information content (AvgIpc) is 3.47. The number of aryl methyl sites for hydroxylation is 2. The molecule has 3 aromatic heterocycles. The molecule has 0 fully saturated rings. The number of anilines is 1. The number of nitrogens with zero attached hydrogens (tertiary/aromatic N) is 6. The minimum absolute atomic E-state index is 0.242. The number of hydrogen-bond acceptors (Lipinski definition) is 8. The largest absolute Gasteiger partial charge is 0.501 e. The molecule has 0 saturated heterocycles. The first kappa shape index (κ1) is 23.4. The van der Waals surface area contributed by atoms with Crippen LogP contribution in [0.25, 0.3) is 0 Å². The maximum atomic E-state index is 12.9. The van der Waals surface area contributed by atoms with Crippen LogP contribution in [0.5, 0.6) is 5.75 Å². The van der Waals surface area contributed by atoms with E-state index in [2.05, 4.69) is 26.6 Å². The fraction of sp³-hybridized carbons (Fsp3) is 0.250. The highest BCUT2D eigenvalue weighted by atomic mass is 16.5. The molecule has 0 unspecified atom stereocenters. The lowest BCUT2D eigenvalue weighted by atomic mass is 9.80. The van der Waals surface area contributed by atoms with E-state index in [0.29, 0.717) is 16.8 Å². The Balaban J connectivity index is 1.88. The van der Waals surface area contributed by atoms with Crippen molar-refractivity contribution in [3.8, 4) is 11.8 Å². The molecule has 2 atom stereocenters. The number of carbonyl (C=O) groups is 1. The van der Waals surface area contributed by atoms with E-state index in [1.54, 1.807) is 23.9 Å². The van der Waals surface area contributed by atoms with E-state index in [9.17, 15) is 20.0 Å². The number of nitriles is 1. The van der Waals surface area contributed by atoms with Crippen LogP contribution in [-0.2, 0) is 14.1 Å². The summed E-state index contributed by atoms with van der Waals surface area (Å²) < 4.78 is 7.59. The number of aromatic nitrogens is 5. The van der Waals surface area contributed by atoms with Gasteiger partial charge in [-0.1, -0.05) is 30.3 Å². The van der Waals surface area contributed by atoms with Gasteiger partial charge in [-0.25, -0.2) is 4.98 Å². The van der Waals surface area contributed by atoms with Crippen molar-refractivity contribution in [2.75, 3.05) is 5.32 Å². The Morgan fingerprint density at radius 2 is 2.03 bits per heavy atom. The Morgan fingerprint density at radius 1 is 1.29 bits per heavy atom. The van der Waals surface area contributed by atoms with Crippen LogP contribution in [0.3, 0.4) is 0 Å². The van der Waals surface area contributed by atoms with E-state index in [1.807, 2.05) is 32.2 Å². The van der Waals surface area contributed by atoms with Crippen LogP contribution in [0.15, 0.2) is 52.2 Å². The molecule has 1 amide bonds. The number of carbonyl (C=O) groups excluding carboxylic acids is 1. The van der Waals surface area contributed by atoms with Crippen molar-refractivity contribution in [2.45, 2.75) is 25.7 Å². The lowest BCUT2D eigenvalue weighted by molar-refractivity contribution is 0.101. The van der Waals surface area contributed by atoms with Gasteiger partial charge >= 0.3 is 0 Å². The maximum absolute atomic E-state index is 12.9. The minimum Gasteiger partial charge on any atom is -0.501 e. The summed E-state index contributed by atoms with van der Waals surface area (Å²) in [6.45, 7) is 3.76.